The second kappa shape index (κ2) is 8.22. The number of rotatable bonds is 5. The van der Waals surface area contributed by atoms with E-state index in [1.54, 1.807) is 12.1 Å². The van der Waals surface area contributed by atoms with Crippen LogP contribution in [0.5, 0.6) is 5.75 Å². The predicted octanol–water partition coefficient (Wildman–Crippen LogP) is 4.70. The lowest BCUT2D eigenvalue weighted by Gasteiger charge is -2.21. The Labute approximate surface area is 145 Å². The maximum Gasteiger partial charge on any atom is 0.173 e. The average molecular weight is 355 g/mol. The minimum absolute atomic E-state index is 0.528. The first-order valence-electron chi connectivity index (χ1n) is 6.70. The van der Waals surface area contributed by atoms with E-state index >= 15 is 0 Å². The number of thiocarbonyl (C=S) groups is 1. The first kappa shape index (κ1) is 16.9. The molecule has 0 bridgehead atoms. The third-order valence-corrected chi connectivity index (χ3v) is 3.87. The highest BCUT2D eigenvalue weighted by molar-refractivity contribution is 7.80. The summed E-state index contributed by atoms with van der Waals surface area (Å²) in [4.78, 5) is 1.92. The van der Waals surface area contributed by atoms with Gasteiger partial charge in [-0.2, -0.15) is 0 Å². The quantitative estimate of drug-likeness (QED) is 0.786. The van der Waals surface area contributed by atoms with E-state index in [1.807, 2.05) is 48.3 Å². The number of nitrogens with one attached hydrogen (secondary N) is 1. The second-order valence-electron chi connectivity index (χ2n) is 4.66. The molecule has 0 aliphatic heterocycles. The van der Waals surface area contributed by atoms with Gasteiger partial charge in [-0.05, 0) is 60.7 Å². The number of hydrogen-bond acceptors (Lipinski definition) is 2. The van der Waals surface area contributed by atoms with Gasteiger partial charge >= 0.3 is 0 Å². The topological polar surface area (TPSA) is 24.5 Å². The van der Waals surface area contributed by atoms with Gasteiger partial charge in [0.15, 0.2) is 5.11 Å². The minimum Gasteiger partial charge on any atom is -0.492 e. The first-order chi connectivity index (χ1) is 10.5. The Morgan fingerprint density at radius 1 is 1.05 bits per heavy atom. The summed E-state index contributed by atoms with van der Waals surface area (Å²) in [6, 6.07) is 14.7. The Morgan fingerprint density at radius 2 is 1.59 bits per heavy atom. The van der Waals surface area contributed by atoms with Crippen molar-refractivity contribution in [1.82, 2.24) is 4.90 Å². The Morgan fingerprint density at radius 3 is 2.18 bits per heavy atom. The van der Waals surface area contributed by atoms with Crippen LogP contribution in [0.4, 0.5) is 5.69 Å². The van der Waals surface area contributed by atoms with Crippen LogP contribution in [0.25, 0.3) is 0 Å². The van der Waals surface area contributed by atoms with E-state index in [4.69, 9.17) is 40.2 Å². The molecule has 0 atom stereocenters. The number of anilines is 1. The summed E-state index contributed by atoms with van der Waals surface area (Å²) in [5.41, 5.74) is 0.903. The molecule has 0 saturated carbocycles. The number of benzene rings is 2. The van der Waals surface area contributed by atoms with Crippen LogP contribution < -0.4 is 10.1 Å². The Balaban J connectivity index is 1.76. The highest BCUT2D eigenvalue weighted by atomic mass is 35.5. The fraction of sp³-hybridized carbons (Fsp3) is 0.188. The molecule has 0 radical (unpaired) electrons. The molecule has 2 rings (SSSR count). The SMILES string of the molecule is CN(CCOc1ccc(Cl)cc1)C(=S)Nc1ccc(Cl)cc1. The third kappa shape index (κ3) is 5.37. The molecule has 6 heteroatoms. The van der Waals surface area contributed by atoms with Crippen molar-refractivity contribution in [3.8, 4) is 5.75 Å². The van der Waals surface area contributed by atoms with Gasteiger partial charge in [0, 0.05) is 22.8 Å². The summed E-state index contributed by atoms with van der Waals surface area (Å²) >= 11 is 17.0. The minimum atomic E-state index is 0.528. The Kier molecular flexibility index (Phi) is 6.31. The summed E-state index contributed by atoms with van der Waals surface area (Å²) in [5.74, 6) is 0.786. The van der Waals surface area contributed by atoms with Crippen LogP contribution in [0.3, 0.4) is 0 Å². The average Bonchev–Trinajstić information content (AvgIpc) is 2.51. The van der Waals surface area contributed by atoms with Crippen LogP contribution in [0.2, 0.25) is 10.0 Å². The predicted molar refractivity (Wildman–Crippen MR) is 97.2 cm³/mol. The van der Waals surface area contributed by atoms with Gasteiger partial charge in [-0.15, -0.1) is 0 Å². The summed E-state index contributed by atoms with van der Waals surface area (Å²) in [7, 11) is 1.91. The van der Waals surface area contributed by atoms with Crippen molar-refractivity contribution in [2.45, 2.75) is 0 Å². The molecule has 2 aromatic carbocycles. The number of likely N-dealkylation sites (N-methyl/N-ethyl adjacent to an activating group) is 1. The molecule has 0 aromatic heterocycles. The third-order valence-electron chi connectivity index (χ3n) is 2.95. The summed E-state index contributed by atoms with van der Waals surface area (Å²) in [6.45, 7) is 1.20. The number of halogens is 2. The zero-order valence-corrected chi connectivity index (χ0v) is 14.4. The van der Waals surface area contributed by atoms with Crippen molar-refractivity contribution < 1.29 is 4.74 Å². The van der Waals surface area contributed by atoms with Gasteiger partial charge < -0.3 is 15.0 Å². The van der Waals surface area contributed by atoms with Crippen LogP contribution in [0, 0.1) is 0 Å². The van der Waals surface area contributed by atoms with E-state index in [2.05, 4.69) is 5.32 Å². The maximum absolute atomic E-state index is 5.85. The molecule has 116 valence electrons. The van der Waals surface area contributed by atoms with Crippen molar-refractivity contribution in [1.29, 1.82) is 0 Å². The van der Waals surface area contributed by atoms with E-state index in [-0.39, 0.29) is 0 Å². The van der Waals surface area contributed by atoms with Crippen LogP contribution in [0.15, 0.2) is 48.5 Å². The number of ether oxygens (including phenoxy) is 1. The van der Waals surface area contributed by atoms with Gasteiger partial charge in [-0.1, -0.05) is 23.2 Å². The van der Waals surface area contributed by atoms with Gasteiger partial charge in [0.2, 0.25) is 0 Å². The number of hydrogen-bond donors (Lipinski definition) is 1. The maximum atomic E-state index is 5.85. The van der Waals surface area contributed by atoms with E-state index in [0.717, 1.165) is 11.4 Å². The fourth-order valence-corrected chi connectivity index (χ4v) is 2.15. The Hall–Kier alpha value is -1.49. The van der Waals surface area contributed by atoms with Crippen molar-refractivity contribution in [3.05, 3.63) is 58.6 Å². The van der Waals surface area contributed by atoms with Crippen LogP contribution in [-0.4, -0.2) is 30.2 Å². The summed E-state index contributed by atoms with van der Waals surface area (Å²) in [5, 5.41) is 5.17. The van der Waals surface area contributed by atoms with Gasteiger partial charge in [-0.25, -0.2) is 0 Å². The first-order valence-corrected chi connectivity index (χ1v) is 7.87. The normalized spacial score (nSPS) is 10.1. The molecular weight excluding hydrogens is 339 g/mol. The molecule has 2 aromatic rings. The molecule has 0 unspecified atom stereocenters. The van der Waals surface area contributed by atoms with Gasteiger partial charge in [-0.3, -0.25) is 0 Å². The second-order valence-corrected chi connectivity index (χ2v) is 5.92. The molecule has 1 N–H and O–H groups in total. The smallest absolute Gasteiger partial charge is 0.173 e. The molecule has 0 fully saturated rings. The van der Waals surface area contributed by atoms with Gasteiger partial charge in [0.1, 0.15) is 12.4 Å². The molecule has 22 heavy (non-hydrogen) atoms. The summed E-state index contributed by atoms with van der Waals surface area (Å²) in [6.07, 6.45) is 0. The van der Waals surface area contributed by atoms with Crippen molar-refractivity contribution in [2.24, 2.45) is 0 Å². The molecule has 0 heterocycles. The lowest BCUT2D eigenvalue weighted by Crippen LogP contribution is -2.34. The van der Waals surface area contributed by atoms with Crippen molar-refractivity contribution in [3.63, 3.8) is 0 Å². The monoisotopic (exact) mass is 354 g/mol. The summed E-state index contributed by atoms with van der Waals surface area (Å²) < 4.78 is 5.64. The molecule has 0 amide bonds. The lowest BCUT2D eigenvalue weighted by molar-refractivity contribution is 0.285. The molecular formula is C16H16Cl2N2OS. The van der Waals surface area contributed by atoms with Crippen LogP contribution >= 0.6 is 35.4 Å². The van der Waals surface area contributed by atoms with Crippen LogP contribution in [-0.2, 0) is 0 Å². The number of nitrogens with zero attached hydrogens (tertiary/aromatic N) is 1. The van der Waals surface area contributed by atoms with E-state index < -0.39 is 0 Å². The molecule has 0 aliphatic carbocycles. The van der Waals surface area contributed by atoms with Crippen molar-refractivity contribution in [2.75, 3.05) is 25.5 Å². The molecule has 0 aliphatic rings. The van der Waals surface area contributed by atoms with Gasteiger partial charge in [0.05, 0.1) is 6.54 Å². The van der Waals surface area contributed by atoms with Crippen LogP contribution in [0.1, 0.15) is 0 Å². The largest absolute Gasteiger partial charge is 0.492 e. The molecule has 3 nitrogen and oxygen atoms in total. The van der Waals surface area contributed by atoms with E-state index in [0.29, 0.717) is 28.3 Å². The zero-order chi connectivity index (χ0) is 15.9. The molecule has 0 spiro atoms. The van der Waals surface area contributed by atoms with Gasteiger partial charge in [0.25, 0.3) is 0 Å². The fourth-order valence-electron chi connectivity index (χ4n) is 1.68. The van der Waals surface area contributed by atoms with E-state index in [9.17, 15) is 0 Å². The molecule has 0 saturated heterocycles. The van der Waals surface area contributed by atoms with Crippen molar-refractivity contribution >= 4 is 46.2 Å². The standard InChI is InChI=1S/C16H16Cl2N2OS/c1-20(10-11-21-15-8-4-13(18)5-9-15)16(22)19-14-6-2-12(17)3-7-14/h2-9H,10-11H2,1H3,(H,19,22). The highest BCUT2D eigenvalue weighted by Gasteiger charge is 2.05. The lowest BCUT2D eigenvalue weighted by atomic mass is 10.3. The highest BCUT2D eigenvalue weighted by Crippen LogP contribution is 2.16. The van der Waals surface area contributed by atoms with E-state index in [1.165, 1.54) is 0 Å². The Bertz CT molecular complexity index is 617. The zero-order valence-electron chi connectivity index (χ0n) is 12.1.